The fourth-order valence-electron chi connectivity index (χ4n) is 3.96. The molecule has 1 fully saturated rings. The average molecular weight is 413 g/mol. The maximum atomic E-state index is 12.7. The predicted octanol–water partition coefficient (Wildman–Crippen LogP) is 4.03. The zero-order valence-corrected chi connectivity index (χ0v) is 16.1. The highest BCUT2D eigenvalue weighted by atomic mass is 79.9. The summed E-state index contributed by atoms with van der Waals surface area (Å²) in [6.45, 7) is 1.37. The molecule has 0 aromatic heterocycles. The molecule has 1 saturated heterocycles. The molecule has 5 heteroatoms. The van der Waals surface area contributed by atoms with Crippen LogP contribution in [0.5, 0.6) is 0 Å². The second kappa shape index (κ2) is 7.23. The van der Waals surface area contributed by atoms with E-state index in [2.05, 4.69) is 22.0 Å². The maximum absolute atomic E-state index is 12.7. The summed E-state index contributed by atoms with van der Waals surface area (Å²) in [4.78, 5) is 29.1. The van der Waals surface area contributed by atoms with Crippen LogP contribution in [0.15, 0.2) is 53.0 Å². The highest BCUT2D eigenvalue weighted by molar-refractivity contribution is 9.10. The summed E-state index contributed by atoms with van der Waals surface area (Å²) in [5.74, 6) is 0.280. The summed E-state index contributed by atoms with van der Waals surface area (Å²) in [6.07, 6.45) is 3.05. The van der Waals surface area contributed by atoms with Crippen LogP contribution >= 0.6 is 15.9 Å². The van der Waals surface area contributed by atoms with E-state index in [4.69, 9.17) is 0 Å². The average Bonchev–Trinajstić information content (AvgIpc) is 2.68. The van der Waals surface area contributed by atoms with Crippen molar-refractivity contribution in [3.05, 3.63) is 64.1 Å². The van der Waals surface area contributed by atoms with E-state index in [0.29, 0.717) is 25.1 Å². The minimum atomic E-state index is 0.0707. The highest BCUT2D eigenvalue weighted by Crippen LogP contribution is 2.32. The summed E-state index contributed by atoms with van der Waals surface area (Å²) in [6, 6.07) is 15.9. The first kappa shape index (κ1) is 17.3. The van der Waals surface area contributed by atoms with Crippen molar-refractivity contribution in [2.24, 2.45) is 0 Å². The van der Waals surface area contributed by atoms with E-state index in [1.165, 1.54) is 5.56 Å². The predicted molar refractivity (Wildman–Crippen MR) is 105 cm³/mol. The largest absolute Gasteiger partial charge is 0.338 e. The Labute approximate surface area is 161 Å². The van der Waals surface area contributed by atoms with Gasteiger partial charge in [-0.3, -0.25) is 9.59 Å². The number of carbonyl (C=O) groups is 2. The third kappa shape index (κ3) is 3.28. The van der Waals surface area contributed by atoms with Crippen molar-refractivity contribution in [3.63, 3.8) is 0 Å². The van der Waals surface area contributed by atoms with Gasteiger partial charge >= 0.3 is 0 Å². The highest BCUT2D eigenvalue weighted by Gasteiger charge is 2.33. The number of para-hydroxylation sites is 1. The number of likely N-dealkylation sites (tertiary alicyclic amines) is 1. The van der Waals surface area contributed by atoms with Gasteiger partial charge in [0.25, 0.3) is 5.91 Å². The molecule has 26 heavy (non-hydrogen) atoms. The molecule has 2 heterocycles. The van der Waals surface area contributed by atoms with Gasteiger partial charge in [-0.05, 0) is 55.2 Å². The number of piperidine rings is 1. The molecular formula is C21H21BrN2O2. The molecule has 2 aromatic rings. The van der Waals surface area contributed by atoms with Crippen molar-refractivity contribution in [1.82, 2.24) is 4.90 Å². The fourth-order valence-corrected chi connectivity index (χ4v) is 4.22. The van der Waals surface area contributed by atoms with Gasteiger partial charge in [0, 0.05) is 41.3 Å². The van der Waals surface area contributed by atoms with Crippen molar-refractivity contribution in [2.75, 3.05) is 18.0 Å². The molecular weight excluding hydrogens is 392 g/mol. The van der Waals surface area contributed by atoms with E-state index < -0.39 is 0 Å². The number of halogens is 1. The van der Waals surface area contributed by atoms with Crippen LogP contribution in [-0.4, -0.2) is 35.8 Å². The van der Waals surface area contributed by atoms with E-state index in [-0.39, 0.29) is 17.9 Å². The number of hydrogen-bond donors (Lipinski definition) is 0. The minimum absolute atomic E-state index is 0.0707. The smallest absolute Gasteiger partial charge is 0.253 e. The van der Waals surface area contributed by atoms with Crippen molar-refractivity contribution in [1.29, 1.82) is 0 Å². The van der Waals surface area contributed by atoms with Crippen LogP contribution in [0.4, 0.5) is 5.69 Å². The van der Waals surface area contributed by atoms with Crippen LogP contribution in [-0.2, 0) is 11.2 Å². The molecule has 0 aliphatic carbocycles. The number of fused-ring (bicyclic) bond motifs is 1. The van der Waals surface area contributed by atoms with E-state index in [1.807, 2.05) is 52.3 Å². The molecule has 0 radical (unpaired) electrons. The molecule has 0 saturated carbocycles. The van der Waals surface area contributed by atoms with Gasteiger partial charge < -0.3 is 9.80 Å². The number of benzene rings is 2. The third-order valence-corrected chi connectivity index (χ3v) is 5.86. The molecule has 0 N–H and O–H groups in total. The number of aryl methyl sites for hydroxylation is 1. The Morgan fingerprint density at radius 3 is 2.38 bits per heavy atom. The van der Waals surface area contributed by atoms with Gasteiger partial charge in [-0.15, -0.1) is 0 Å². The molecule has 0 spiro atoms. The van der Waals surface area contributed by atoms with Crippen molar-refractivity contribution in [3.8, 4) is 0 Å². The first-order valence-corrected chi connectivity index (χ1v) is 9.87. The molecule has 2 amide bonds. The van der Waals surface area contributed by atoms with Crippen molar-refractivity contribution >= 4 is 33.4 Å². The lowest BCUT2D eigenvalue weighted by molar-refractivity contribution is -0.119. The number of amides is 2. The Morgan fingerprint density at radius 1 is 0.962 bits per heavy atom. The van der Waals surface area contributed by atoms with Crippen LogP contribution in [0.2, 0.25) is 0 Å². The molecule has 134 valence electrons. The molecule has 2 aliphatic heterocycles. The zero-order chi connectivity index (χ0) is 18.1. The van der Waals surface area contributed by atoms with Gasteiger partial charge in [-0.25, -0.2) is 0 Å². The SMILES string of the molecule is O=C(c1ccc(Br)cc1)N1CCC(N2C(=O)CCc3ccccc32)CC1. The summed E-state index contributed by atoms with van der Waals surface area (Å²) >= 11 is 3.40. The second-order valence-electron chi connectivity index (χ2n) is 6.92. The van der Waals surface area contributed by atoms with Crippen LogP contribution < -0.4 is 4.90 Å². The Kier molecular flexibility index (Phi) is 4.81. The van der Waals surface area contributed by atoms with E-state index in [9.17, 15) is 9.59 Å². The Balaban J connectivity index is 1.46. The number of hydrogen-bond acceptors (Lipinski definition) is 2. The fraction of sp³-hybridized carbons (Fsp3) is 0.333. The van der Waals surface area contributed by atoms with Crippen molar-refractivity contribution < 1.29 is 9.59 Å². The lowest BCUT2D eigenvalue weighted by atomic mass is 9.95. The van der Waals surface area contributed by atoms with Crippen LogP contribution in [0.3, 0.4) is 0 Å². The third-order valence-electron chi connectivity index (χ3n) is 5.34. The Hall–Kier alpha value is -2.14. The zero-order valence-electron chi connectivity index (χ0n) is 14.5. The normalized spacial score (nSPS) is 18.0. The number of nitrogens with zero attached hydrogens (tertiary/aromatic N) is 2. The first-order chi connectivity index (χ1) is 12.6. The molecule has 4 rings (SSSR count). The quantitative estimate of drug-likeness (QED) is 0.746. The lowest BCUT2D eigenvalue weighted by Crippen LogP contribution is -2.50. The van der Waals surface area contributed by atoms with E-state index >= 15 is 0 Å². The topological polar surface area (TPSA) is 40.6 Å². The van der Waals surface area contributed by atoms with Gasteiger partial charge in [0.2, 0.25) is 5.91 Å². The minimum Gasteiger partial charge on any atom is -0.338 e. The standard InChI is InChI=1S/C21H21BrN2O2/c22-17-8-5-16(6-9-17)21(26)23-13-11-18(12-14-23)24-19-4-2-1-3-15(19)7-10-20(24)25/h1-6,8-9,18H,7,10-14H2. The lowest BCUT2D eigenvalue weighted by Gasteiger charge is -2.41. The summed E-state index contributed by atoms with van der Waals surface area (Å²) in [5.41, 5.74) is 3.02. The van der Waals surface area contributed by atoms with Gasteiger partial charge in [0.15, 0.2) is 0 Å². The maximum Gasteiger partial charge on any atom is 0.253 e. The molecule has 2 aliphatic rings. The number of anilines is 1. The molecule has 2 aromatic carbocycles. The van der Waals surface area contributed by atoms with Gasteiger partial charge in [0.1, 0.15) is 0 Å². The van der Waals surface area contributed by atoms with E-state index in [0.717, 1.165) is 29.4 Å². The van der Waals surface area contributed by atoms with E-state index in [1.54, 1.807) is 0 Å². The number of carbonyl (C=O) groups excluding carboxylic acids is 2. The Morgan fingerprint density at radius 2 is 1.65 bits per heavy atom. The second-order valence-corrected chi connectivity index (χ2v) is 7.84. The monoisotopic (exact) mass is 412 g/mol. The summed E-state index contributed by atoms with van der Waals surface area (Å²) in [5, 5.41) is 0. The molecule has 0 bridgehead atoms. The van der Waals surface area contributed by atoms with Gasteiger partial charge in [-0.1, -0.05) is 34.1 Å². The van der Waals surface area contributed by atoms with Crippen LogP contribution in [0.25, 0.3) is 0 Å². The summed E-state index contributed by atoms with van der Waals surface area (Å²) < 4.78 is 0.968. The molecule has 0 atom stereocenters. The van der Waals surface area contributed by atoms with Gasteiger partial charge in [0.05, 0.1) is 0 Å². The number of rotatable bonds is 2. The Bertz CT molecular complexity index is 826. The van der Waals surface area contributed by atoms with Crippen molar-refractivity contribution in [2.45, 2.75) is 31.7 Å². The van der Waals surface area contributed by atoms with Crippen LogP contribution in [0.1, 0.15) is 35.2 Å². The molecule has 4 nitrogen and oxygen atoms in total. The van der Waals surface area contributed by atoms with Crippen LogP contribution in [0, 0.1) is 0 Å². The first-order valence-electron chi connectivity index (χ1n) is 9.08. The molecule has 0 unspecified atom stereocenters. The summed E-state index contributed by atoms with van der Waals surface area (Å²) in [7, 11) is 0. The van der Waals surface area contributed by atoms with Gasteiger partial charge in [-0.2, -0.15) is 0 Å².